The first-order valence-corrected chi connectivity index (χ1v) is 9.85. The van der Waals surface area contributed by atoms with Crippen molar-refractivity contribution in [3.63, 3.8) is 0 Å². The van der Waals surface area contributed by atoms with Gasteiger partial charge in [0.05, 0.1) is 33.9 Å². The Labute approximate surface area is 180 Å². The smallest absolute Gasteiger partial charge is 0.323 e. The van der Waals surface area contributed by atoms with Crippen LogP contribution in [0.4, 0.5) is 0 Å². The zero-order valence-electron chi connectivity index (χ0n) is 18.0. The molecule has 1 aromatic rings. The van der Waals surface area contributed by atoms with E-state index in [2.05, 4.69) is 0 Å². The number of carbonyl (C=O) groups is 4. The normalized spacial score (nSPS) is 28.2. The Bertz CT molecular complexity index is 905. The number of hydrogen-bond acceptors (Lipinski definition) is 8. The first kappa shape index (κ1) is 22.5. The molecule has 1 saturated carbocycles. The van der Waals surface area contributed by atoms with Crippen molar-refractivity contribution >= 4 is 23.9 Å². The van der Waals surface area contributed by atoms with Crippen LogP contribution in [0, 0.1) is 16.2 Å². The van der Waals surface area contributed by atoms with Gasteiger partial charge in [-0.3, -0.25) is 19.2 Å². The van der Waals surface area contributed by atoms with Crippen LogP contribution in [0.25, 0.3) is 0 Å². The van der Waals surface area contributed by atoms with Crippen molar-refractivity contribution in [3.8, 4) is 0 Å². The van der Waals surface area contributed by atoms with Crippen LogP contribution >= 0.6 is 0 Å². The molecule has 8 heteroatoms. The fraction of sp³-hybridized carbons (Fsp3) is 0.478. The summed E-state index contributed by atoms with van der Waals surface area (Å²) >= 11 is 0. The molecule has 3 atom stereocenters. The summed E-state index contributed by atoms with van der Waals surface area (Å²) in [5.74, 6) is -3.41. The minimum atomic E-state index is -1.86. The van der Waals surface area contributed by atoms with Gasteiger partial charge in [0, 0.05) is 5.92 Å². The number of benzene rings is 1. The van der Waals surface area contributed by atoms with E-state index < -0.39 is 40.1 Å². The maximum absolute atomic E-state index is 13.3. The lowest BCUT2D eigenvalue weighted by atomic mass is 9.57. The Balaban J connectivity index is 2.27. The van der Waals surface area contributed by atoms with E-state index in [-0.39, 0.29) is 25.2 Å². The standard InChI is InChI=1S/C23H26O8/c1-28-17(24)21(18(25)29-2)13-22(19(26)30-3)11-10-16(15-8-6-5-7-9-15)12-23(22,14-21)20(27)31-4/h5-11,16H,12-14H2,1-4H3/t16-,22+,23-/m0/s1. The molecule has 0 aromatic heterocycles. The van der Waals surface area contributed by atoms with Gasteiger partial charge < -0.3 is 18.9 Å². The number of rotatable bonds is 5. The third kappa shape index (κ3) is 3.12. The van der Waals surface area contributed by atoms with E-state index in [1.54, 1.807) is 6.08 Å². The summed E-state index contributed by atoms with van der Waals surface area (Å²) < 4.78 is 20.1. The van der Waals surface area contributed by atoms with Crippen LogP contribution in [0.1, 0.15) is 30.7 Å². The van der Waals surface area contributed by atoms with E-state index in [9.17, 15) is 19.2 Å². The summed E-state index contributed by atoms with van der Waals surface area (Å²) in [4.78, 5) is 52.2. The highest BCUT2D eigenvalue weighted by atomic mass is 16.6. The predicted octanol–water partition coefficient (Wildman–Crippen LogP) is 2.18. The van der Waals surface area contributed by atoms with Crippen molar-refractivity contribution in [2.75, 3.05) is 28.4 Å². The van der Waals surface area contributed by atoms with Crippen molar-refractivity contribution in [2.45, 2.75) is 25.2 Å². The van der Waals surface area contributed by atoms with Gasteiger partial charge in [-0.15, -0.1) is 0 Å². The Morgan fingerprint density at radius 1 is 0.774 bits per heavy atom. The molecule has 0 unspecified atom stereocenters. The second kappa shape index (κ2) is 8.17. The topological polar surface area (TPSA) is 105 Å². The van der Waals surface area contributed by atoms with Gasteiger partial charge in [0.25, 0.3) is 0 Å². The summed E-state index contributed by atoms with van der Waals surface area (Å²) in [6, 6.07) is 9.44. The predicted molar refractivity (Wildman–Crippen MR) is 108 cm³/mol. The zero-order valence-corrected chi connectivity index (χ0v) is 18.0. The van der Waals surface area contributed by atoms with Gasteiger partial charge in [-0.1, -0.05) is 42.5 Å². The maximum Gasteiger partial charge on any atom is 0.323 e. The van der Waals surface area contributed by atoms with Gasteiger partial charge in [-0.2, -0.15) is 0 Å². The minimum Gasteiger partial charge on any atom is -0.469 e. The molecular weight excluding hydrogens is 404 g/mol. The number of hydrogen-bond donors (Lipinski definition) is 0. The van der Waals surface area contributed by atoms with E-state index in [0.29, 0.717) is 0 Å². The second-order valence-electron chi connectivity index (χ2n) is 8.04. The minimum absolute atomic E-state index is 0.144. The molecule has 0 N–H and O–H groups in total. The fourth-order valence-corrected chi connectivity index (χ4v) is 5.32. The summed E-state index contributed by atoms with van der Waals surface area (Å²) in [7, 11) is 4.71. The van der Waals surface area contributed by atoms with Gasteiger partial charge >= 0.3 is 23.9 Å². The van der Waals surface area contributed by atoms with Crippen molar-refractivity contribution in [1.82, 2.24) is 0 Å². The number of fused-ring (bicyclic) bond motifs is 1. The molecule has 2 aliphatic rings. The van der Waals surface area contributed by atoms with E-state index >= 15 is 0 Å². The van der Waals surface area contributed by atoms with E-state index in [1.807, 2.05) is 36.4 Å². The first-order valence-electron chi connectivity index (χ1n) is 9.85. The van der Waals surface area contributed by atoms with Crippen LogP contribution in [-0.4, -0.2) is 52.3 Å². The van der Waals surface area contributed by atoms with Crippen LogP contribution in [0.2, 0.25) is 0 Å². The summed E-state index contributed by atoms with van der Waals surface area (Å²) in [5, 5.41) is 0. The van der Waals surface area contributed by atoms with Gasteiger partial charge in [0.2, 0.25) is 0 Å². The van der Waals surface area contributed by atoms with Crippen molar-refractivity contribution < 1.29 is 38.1 Å². The number of allylic oxidation sites excluding steroid dienone is 1. The number of esters is 4. The van der Waals surface area contributed by atoms with Crippen LogP contribution in [0.15, 0.2) is 42.5 Å². The molecule has 0 bridgehead atoms. The number of carbonyl (C=O) groups excluding carboxylic acids is 4. The van der Waals surface area contributed by atoms with E-state index in [1.165, 1.54) is 14.2 Å². The second-order valence-corrected chi connectivity index (χ2v) is 8.04. The molecular formula is C23H26O8. The highest BCUT2D eigenvalue weighted by Gasteiger charge is 2.76. The monoisotopic (exact) mass is 430 g/mol. The molecule has 0 aliphatic heterocycles. The van der Waals surface area contributed by atoms with Gasteiger partial charge in [0.1, 0.15) is 5.41 Å². The summed E-state index contributed by atoms with van der Waals surface area (Å²) in [5.41, 5.74) is -4.06. The summed E-state index contributed by atoms with van der Waals surface area (Å²) in [6.07, 6.45) is 2.93. The Hall–Kier alpha value is -3.16. The van der Waals surface area contributed by atoms with Crippen LogP contribution < -0.4 is 0 Å². The van der Waals surface area contributed by atoms with Crippen molar-refractivity contribution in [2.24, 2.45) is 16.2 Å². The first-order chi connectivity index (χ1) is 14.8. The van der Waals surface area contributed by atoms with E-state index in [4.69, 9.17) is 18.9 Å². The molecule has 0 saturated heterocycles. The lowest BCUT2D eigenvalue weighted by Crippen LogP contribution is -2.51. The third-order valence-electron chi connectivity index (χ3n) is 6.73. The fourth-order valence-electron chi connectivity index (χ4n) is 5.32. The largest absolute Gasteiger partial charge is 0.469 e. The quantitative estimate of drug-likeness (QED) is 0.303. The van der Waals surface area contributed by atoms with Gasteiger partial charge in [-0.05, 0) is 24.8 Å². The van der Waals surface area contributed by atoms with Crippen LogP contribution in [0.5, 0.6) is 0 Å². The molecule has 0 heterocycles. The van der Waals surface area contributed by atoms with Crippen LogP contribution in [-0.2, 0) is 38.1 Å². The van der Waals surface area contributed by atoms with Crippen molar-refractivity contribution in [3.05, 3.63) is 48.0 Å². The summed E-state index contributed by atoms with van der Waals surface area (Å²) in [6.45, 7) is 0. The molecule has 8 nitrogen and oxygen atoms in total. The average Bonchev–Trinajstić information content (AvgIpc) is 3.16. The molecule has 2 aliphatic carbocycles. The molecule has 3 rings (SSSR count). The maximum atomic E-state index is 13.3. The lowest BCUT2D eigenvalue weighted by molar-refractivity contribution is -0.172. The zero-order chi connectivity index (χ0) is 22.9. The third-order valence-corrected chi connectivity index (χ3v) is 6.73. The molecule has 1 aromatic carbocycles. The Kier molecular flexibility index (Phi) is 5.93. The Morgan fingerprint density at radius 3 is 1.84 bits per heavy atom. The van der Waals surface area contributed by atoms with E-state index in [0.717, 1.165) is 19.8 Å². The average molecular weight is 430 g/mol. The molecule has 31 heavy (non-hydrogen) atoms. The van der Waals surface area contributed by atoms with Gasteiger partial charge in [0.15, 0.2) is 5.41 Å². The number of methoxy groups -OCH3 is 4. The molecule has 166 valence electrons. The molecule has 0 radical (unpaired) electrons. The van der Waals surface area contributed by atoms with Crippen LogP contribution in [0.3, 0.4) is 0 Å². The Morgan fingerprint density at radius 2 is 1.32 bits per heavy atom. The van der Waals surface area contributed by atoms with Crippen molar-refractivity contribution in [1.29, 1.82) is 0 Å². The molecule has 0 amide bonds. The highest BCUT2D eigenvalue weighted by molar-refractivity contribution is 6.04. The SMILES string of the molecule is COC(=O)C1(C(=O)OC)C[C@]2(C(=O)OC)C[C@@H](c3ccccc3)C=C[C@]2(C(=O)OC)C1. The molecule has 0 spiro atoms. The lowest BCUT2D eigenvalue weighted by Gasteiger charge is -2.44. The van der Waals surface area contributed by atoms with Gasteiger partial charge in [-0.25, -0.2) is 0 Å². The molecule has 1 fully saturated rings. The highest BCUT2D eigenvalue weighted by Crippen LogP contribution is 2.68. The number of ether oxygens (including phenoxy) is 4.